The van der Waals surface area contributed by atoms with Crippen LogP contribution in [0.2, 0.25) is 5.02 Å². The van der Waals surface area contributed by atoms with Gasteiger partial charge >= 0.3 is 0 Å². The smallest absolute Gasteiger partial charge is 0.0562 e. The Morgan fingerprint density at radius 1 is 1.19 bits per heavy atom. The summed E-state index contributed by atoms with van der Waals surface area (Å²) >= 11 is 7.87. The second-order valence-corrected chi connectivity index (χ2v) is 5.43. The molecule has 0 aromatic heterocycles. The van der Waals surface area contributed by atoms with Crippen molar-refractivity contribution in [2.75, 3.05) is 11.5 Å². The standard InChI is InChI=1S/C13H20ClNS/c1-2-3-4-5-6-10-16-13-11(14)8-7-9-12(13)15/h7-9H,2-6,10,15H2,1H3. The van der Waals surface area contributed by atoms with Crippen LogP contribution in [-0.2, 0) is 0 Å². The Labute approximate surface area is 108 Å². The van der Waals surface area contributed by atoms with E-state index >= 15 is 0 Å². The molecular formula is C13H20ClNS. The SMILES string of the molecule is CCCCCCCSc1c(N)cccc1Cl. The molecule has 0 radical (unpaired) electrons. The van der Waals surface area contributed by atoms with Gasteiger partial charge in [0.05, 0.1) is 5.02 Å². The van der Waals surface area contributed by atoms with Crippen LogP contribution in [0, 0.1) is 0 Å². The van der Waals surface area contributed by atoms with E-state index < -0.39 is 0 Å². The van der Waals surface area contributed by atoms with E-state index in [1.165, 1.54) is 32.1 Å². The lowest BCUT2D eigenvalue weighted by Crippen LogP contribution is -1.90. The van der Waals surface area contributed by atoms with E-state index in [2.05, 4.69) is 6.92 Å². The molecule has 1 aromatic rings. The van der Waals surface area contributed by atoms with Gasteiger partial charge < -0.3 is 5.73 Å². The Balaban J connectivity index is 2.26. The van der Waals surface area contributed by atoms with Crippen molar-refractivity contribution in [3.05, 3.63) is 23.2 Å². The number of unbranched alkanes of at least 4 members (excludes halogenated alkanes) is 4. The van der Waals surface area contributed by atoms with Gasteiger partial charge in [-0.3, -0.25) is 0 Å². The van der Waals surface area contributed by atoms with Crippen LogP contribution in [0.1, 0.15) is 39.0 Å². The van der Waals surface area contributed by atoms with Gasteiger partial charge in [0.2, 0.25) is 0 Å². The fraction of sp³-hybridized carbons (Fsp3) is 0.538. The molecule has 0 fully saturated rings. The quantitative estimate of drug-likeness (QED) is 0.423. The number of thioether (sulfide) groups is 1. The van der Waals surface area contributed by atoms with E-state index in [9.17, 15) is 0 Å². The van der Waals surface area contributed by atoms with Crippen molar-refractivity contribution in [2.45, 2.75) is 43.9 Å². The molecule has 0 saturated heterocycles. The number of hydrogen-bond acceptors (Lipinski definition) is 2. The zero-order valence-electron chi connectivity index (χ0n) is 9.84. The molecule has 0 aliphatic heterocycles. The van der Waals surface area contributed by atoms with Gasteiger partial charge in [-0.25, -0.2) is 0 Å². The van der Waals surface area contributed by atoms with E-state index in [0.29, 0.717) is 0 Å². The summed E-state index contributed by atoms with van der Waals surface area (Å²) in [7, 11) is 0. The summed E-state index contributed by atoms with van der Waals surface area (Å²) in [5, 5.41) is 0.776. The molecular weight excluding hydrogens is 238 g/mol. The maximum Gasteiger partial charge on any atom is 0.0562 e. The highest BCUT2D eigenvalue weighted by Crippen LogP contribution is 2.32. The van der Waals surface area contributed by atoms with Crippen LogP contribution >= 0.6 is 23.4 Å². The van der Waals surface area contributed by atoms with E-state index in [1.807, 2.05) is 18.2 Å². The third kappa shape index (κ3) is 4.67. The Bertz CT molecular complexity index is 295. The van der Waals surface area contributed by atoms with Gasteiger partial charge in [-0.2, -0.15) is 0 Å². The van der Waals surface area contributed by atoms with Crippen molar-refractivity contribution in [3.8, 4) is 0 Å². The highest BCUT2D eigenvalue weighted by molar-refractivity contribution is 7.99. The second-order valence-electron chi connectivity index (χ2n) is 3.92. The van der Waals surface area contributed by atoms with Gasteiger partial charge in [0.25, 0.3) is 0 Å². The van der Waals surface area contributed by atoms with Gasteiger partial charge in [-0.1, -0.05) is 50.3 Å². The van der Waals surface area contributed by atoms with Crippen molar-refractivity contribution < 1.29 is 0 Å². The van der Waals surface area contributed by atoms with E-state index in [0.717, 1.165) is 21.4 Å². The summed E-state index contributed by atoms with van der Waals surface area (Å²) in [5.74, 6) is 1.11. The lowest BCUT2D eigenvalue weighted by Gasteiger charge is -2.07. The molecule has 3 heteroatoms. The van der Waals surface area contributed by atoms with Crippen LogP contribution in [0.15, 0.2) is 23.1 Å². The maximum atomic E-state index is 6.09. The summed E-state index contributed by atoms with van der Waals surface area (Å²) in [6.45, 7) is 2.24. The third-order valence-electron chi connectivity index (χ3n) is 2.49. The normalized spacial score (nSPS) is 10.6. The van der Waals surface area contributed by atoms with Crippen LogP contribution in [0.5, 0.6) is 0 Å². The average molecular weight is 258 g/mol. The molecule has 0 saturated carbocycles. The first-order valence-electron chi connectivity index (χ1n) is 5.92. The largest absolute Gasteiger partial charge is 0.398 e. The minimum atomic E-state index is 0.776. The Hall–Kier alpha value is -0.340. The van der Waals surface area contributed by atoms with Crippen molar-refractivity contribution in [3.63, 3.8) is 0 Å². The molecule has 0 heterocycles. The predicted molar refractivity (Wildman–Crippen MR) is 75.3 cm³/mol. The van der Waals surface area contributed by atoms with Crippen molar-refractivity contribution in [1.29, 1.82) is 0 Å². The van der Waals surface area contributed by atoms with E-state index in [1.54, 1.807) is 11.8 Å². The lowest BCUT2D eigenvalue weighted by molar-refractivity contribution is 0.659. The molecule has 0 bridgehead atoms. The van der Waals surface area contributed by atoms with Gasteiger partial charge in [0.15, 0.2) is 0 Å². The number of anilines is 1. The number of hydrogen-bond donors (Lipinski definition) is 1. The fourth-order valence-corrected chi connectivity index (χ4v) is 2.90. The Morgan fingerprint density at radius 2 is 1.94 bits per heavy atom. The highest BCUT2D eigenvalue weighted by atomic mass is 35.5. The van der Waals surface area contributed by atoms with Gasteiger partial charge in [-0.15, -0.1) is 11.8 Å². The number of rotatable bonds is 7. The van der Waals surface area contributed by atoms with Crippen LogP contribution in [0.4, 0.5) is 5.69 Å². The lowest BCUT2D eigenvalue weighted by atomic mass is 10.2. The molecule has 0 aliphatic rings. The van der Waals surface area contributed by atoms with Crippen molar-refractivity contribution >= 4 is 29.1 Å². The third-order valence-corrected chi connectivity index (χ3v) is 4.16. The fourth-order valence-electron chi connectivity index (χ4n) is 1.56. The molecule has 0 atom stereocenters. The van der Waals surface area contributed by atoms with Gasteiger partial charge in [0, 0.05) is 10.6 Å². The highest BCUT2D eigenvalue weighted by Gasteiger charge is 2.04. The molecule has 0 unspecified atom stereocenters. The number of nitrogen functional groups attached to an aromatic ring is 1. The summed E-state index contributed by atoms with van der Waals surface area (Å²) in [6.07, 6.45) is 6.54. The summed E-state index contributed by atoms with van der Waals surface area (Å²) in [5.41, 5.74) is 6.68. The van der Waals surface area contributed by atoms with E-state index in [-0.39, 0.29) is 0 Å². The first-order chi connectivity index (χ1) is 7.75. The van der Waals surface area contributed by atoms with E-state index in [4.69, 9.17) is 17.3 Å². The minimum absolute atomic E-state index is 0.776. The number of benzene rings is 1. The van der Waals surface area contributed by atoms with Gasteiger partial charge in [-0.05, 0) is 24.3 Å². The van der Waals surface area contributed by atoms with Crippen LogP contribution in [0.3, 0.4) is 0 Å². The Kier molecular flexibility index (Phi) is 6.74. The summed E-state index contributed by atoms with van der Waals surface area (Å²) in [4.78, 5) is 1.04. The molecule has 90 valence electrons. The first-order valence-corrected chi connectivity index (χ1v) is 7.29. The molecule has 2 N–H and O–H groups in total. The molecule has 16 heavy (non-hydrogen) atoms. The molecule has 1 aromatic carbocycles. The van der Waals surface area contributed by atoms with Crippen LogP contribution in [-0.4, -0.2) is 5.75 Å². The van der Waals surface area contributed by atoms with Crippen LogP contribution in [0.25, 0.3) is 0 Å². The zero-order valence-corrected chi connectivity index (χ0v) is 11.4. The minimum Gasteiger partial charge on any atom is -0.398 e. The topological polar surface area (TPSA) is 26.0 Å². The Morgan fingerprint density at radius 3 is 2.62 bits per heavy atom. The van der Waals surface area contributed by atoms with Gasteiger partial charge in [0.1, 0.15) is 0 Å². The molecule has 0 aliphatic carbocycles. The number of nitrogens with two attached hydrogens (primary N) is 1. The number of halogens is 1. The predicted octanol–water partition coefficient (Wildman–Crippen LogP) is 4.98. The molecule has 1 nitrogen and oxygen atoms in total. The summed E-state index contributed by atoms with van der Waals surface area (Å²) < 4.78 is 0. The zero-order chi connectivity index (χ0) is 11.8. The average Bonchev–Trinajstić information content (AvgIpc) is 2.26. The summed E-state index contributed by atoms with van der Waals surface area (Å²) in [6, 6.07) is 5.70. The molecule has 0 amide bonds. The monoisotopic (exact) mass is 257 g/mol. The molecule has 1 rings (SSSR count). The van der Waals surface area contributed by atoms with Crippen molar-refractivity contribution in [1.82, 2.24) is 0 Å². The maximum absolute atomic E-state index is 6.09. The van der Waals surface area contributed by atoms with Crippen molar-refractivity contribution in [2.24, 2.45) is 0 Å². The first kappa shape index (κ1) is 13.7. The molecule has 0 spiro atoms. The second kappa shape index (κ2) is 7.86. The van der Waals surface area contributed by atoms with Crippen LogP contribution < -0.4 is 5.73 Å².